The van der Waals surface area contributed by atoms with E-state index in [1.54, 1.807) is 42.5 Å². The lowest BCUT2D eigenvalue weighted by atomic mass is 9.96. The standard InChI is InChI=1S/C30H41NO5/c1-5-7-9-13-19-31(20-14-10-8-6-2)30(34)25-16-12-11-15-24(25)27(32)22-28(33)26-18-17-23(35-3)21-29(26)36-4/h11-12,15-18,21H,5-10,13-14,19-20,22H2,1-4H3. The van der Waals surface area contributed by atoms with Crippen molar-refractivity contribution in [1.29, 1.82) is 0 Å². The SMILES string of the molecule is CCCCCCN(CCCCCC)C(=O)c1ccccc1C(=O)CC(=O)c1ccc(OC)cc1OC. The first-order valence-corrected chi connectivity index (χ1v) is 13.1. The van der Waals surface area contributed by atoms with Crippen molar-refractivity contribution < 1.29 is 23.9 Å². The van der Waals surface area contributed by atoms with Crippen LogP contribution < -0.4 is 9.47 Å². The van der Waals surface area contributed by atoms with Gasteiger partial charge in [0.1, 0.15) is 11.5 Å². The molecule has 2 rings (SSSR count). The molecule has 0 bridgehead atoms. The molecular weight excluding hydrogens is 454 g/mol. The Morgan fingerprint density at radius 1 is 0.694 bits per heavy atom. The second-order valence-electron chi connectivity index (χ2n) is 9.05. The number of unbranched alkanes of at least 4 members (excludes halogenated alkanes) is 6. The molecule has 1 amide bonds. The fraction of sp³-hybridized carbons (Fsp3) is 0.500. The van der Waals surface area contributed by atoms with Crippen LogP contribution in [-0.4, -0.2) is 49.7 Å². The van der Waals surface area contributed by atoms with Gasteiger partial charge in [-0.25, -0.2) is 0 Å². The van der Waals surface area contributed by atoms with Crippen LogP contribution in [0.5, 0.6) is 11.5 Å². The minimum Gasteiger partial charge on any atom is -0.497 e. The van der Waals surface area contributed by atoms with Gasteiger partial charge in [-0.3, -0.25) is 14.4 Å². The van der Waals surface area contributed by atoms with Crippen LogP contribution in [0.4, 0.5) is 0 Å². The second-order valence-corrected chi connectivity index (χ2v) is 9.05. The zero-order valence-electron chi connectivity index (χ0n) is 22.3. The molecule has 36 heavy (non-hydrogen) atoms. The highest BCUT2D eigenvalue weighted by Gasteiger charge is 2.24. The van der Waals surface area contributed by atoms with Gasteiger partial charge in [-0.05, 0) is 31.0 Å². The number of ether oxygens (including phenoxy) is 2. The molecule has 6 nitrogen and oxygen atoms in total. The summed E-state index contributed by atoms with van der Waals surface area (Å²) >= 11 is 0. The highest BCUT2D eigenvalue weighted by atomic mass is 16.5. The maximum absolute atomic E-state index is 13.6. The van der Waals surface area contributed by atoms with E-state index in [1.165, 1.54) is 14.2 Å². The molecule has 2 aromatic rings. The third kappa shape index (κ3) is 8.51. The summed E-state index contributed by atoms with van der Waals surface area (Å²) in [5, 5.41) is 0. The average Bonchev–Trinajstić information content (AvgIpc) is 2.91. The fourth-order valence-electron chi connectivity index (χ4n) is 4.22. The summed E-state index contributed by atoms with van der Waals surface area (Å²) in [6.07, 6.45) is 8.25. The number of benzene rings is 2. The Bertz CT molecular complexity index is 989. The van der Waals surface area contributed by atoms with E-state index in [9.17, 15) is 14.4 Å². The number of Topliss-reactive ketones (excluding diaryl/α,β-unsaturated/α-hetero) is 2. The molecule has 0 aliphatic rings. The number of methoxy groups -OCH3 is 2. The summed E-state index contributed by atoms with van der Waals surface area (Å²) in [4.78, 5) is 41.7. The Balaban J connectivity index is 2.21. The number of amides is 1. The monoisotopic (exact) mass is 495 g/mol. The lowest BCUT2D eigenvalue weighted by molar-refractivity contribution is 0.0741. The van der Waals surface area contributed by atoms with Gasteiger partial charge in [0.15, 0.2) is 11.6 Å². The van der Waals surface area contributed by atoms with Gasteiger partial charge in [0.2, 0.25) is 0 Å². The van der Waals surface area contributed by atoms with Gasteiger partial charge < -0.3 is 14.4 Å². The van der Waals surface area contributed by atoms with E-state index in [2.05, 4.69) is 13.8 Å². The van der Waals surface area contributed by atoms with E-state index >= 15 is 0 Å². The van der Waals surface area contributed by atoms with Crippen LogP contribution in [0.15, 0.2) is 42.5 Å². The minimum atomic E-state index is -0.376. The van der Waals surface area contributed by atoms with Gasteiger partial charge in [-0.1, -0.05) is 70.6 Å². The number of nitrogens with zero attached hydrogens (tertiary/aromatic N) is 1. The topological polar surface area (TPSA) is 72.9 Å². The third-order valence-electron chi connectivity index (χ3n) is 6.34. The Labute approximate surface area is 216 Å². The maximum Gasteiger partial charge on any atom is 0.254 e. The van der Waals surface area contributed by atoms with Crippen molar-refractivity contribution in [2.24, 2.45) is 0 Å². The molecule has 0 heterocycles. The molecule has 0 fully saturated rings. The Morgan fingerprint density at radius 3 is 1.83 bits per heavy atom. The number of carbonyl (C=O) groups is 3. The normalized spacial score (nSPS) is 10.7. The molecule has 0 aliphatic heterocycles. The maximum atomic E-state index is 13.6. The molecule has 0 aromatic heterocycles. The van der Waals surface area contributed by atoms with Gasteiger partial charge in [0.05, 0.1) is 31.8 Å². The summed E-state index contributed by atoms with van der Waals surface area (Å²) in [5.74, 6) is 0.0309. The molecule has 196 valence electrons. The number of hydrogen-bond acceptors (Lipinski definition) is 5. The van der Waals surface area contributed by atoms with Gasteiger partial charge in [0.25, 0.3) is 5.91 Å². The van der Waals surface area contributed by atoms with E-state index in [4.69, 9.17) is 9.47 Å². The number of hydrogen-bond donors (Lipinski definition) is 0. The van der Waals surface area contributed by atoms with E-state index in [-0.39, 0.29) is 29.5 Å². The Kier molecular flexibility index (Phi) is 12.7. The minimum absolute atomic E-state index is 0.138. The van der Waals surface area contributed by atoms with Gasteiger partial charge in [-0.2, -0.15) is 0 Å². The van der Waals surface area contributed by atoms with E-state index in [0.29, 0.717) is 35.7 Å². The number of rotatable bonds is 17. The van der Waals surface area contributed by atoms with Crippen LogP contribution in [0, 0.1) is 0 Å². The zero-order valence-corrected chi connectivity index (χ0v) is 22.3. The first kappa shape index (κ1) is 29.1. The average molecular weight is 496 g/mol. The lowest BCUT2D eigenvalue weighted by Crippen LogP contribution is -2.34. The van der Waals surface area contributed by atoms with Gasteiger partial charge >= 0.3 is 0 Å². The molecule has 0 spiro atoms. The van der Waals surface area contributed by atoms with E-state index in [1.807, 2.05) is 4.90 Å². The van der Waals surface area contributed by atoms with Crippen LogP contribution >= 0.6 is 0 Å². The molecule has 0 unspecified atom stereocenters. The quantitative estimate of drug-likeness (QED) is 0.138. The second kappa shape index (κ2) is 15.8. The van der Waals surface area contributed by atoms with Crippen LogP contribution in [-0.2, 0) is 0 Å². The summed E-state index contributed by atoms with van der Waals surface area (Å²) in [7, 11) is 3.00. The fourth-order valence-corrected chi connectivity index (χ4v) is 4.22. The Hall–Kier alpha value is -3.15. The van der Waals surface area contributed by atoms with Crippen molar-refractivity contribution in [2.45, 2.75) is 71.6 Å². The van der Waals surface area contributed by atoms with Crippen LogP contribution in [0.2, 0.25) is 0 Å². The van der Waals surface area contributed by atoms with Gasteiger partial charge in [-0.15, -0.1) is 0 Å². The van der Waals surface area contributed by atoms with Crippen molar-refractivity contribution in [2.75, 3.05) is 27.3 Å². The first-order valence-electron chi connectivity index (χ1n) is 13.1. The van der Waals surface area contributed by atoms with Crippen molar-refractivity contribution in [3.8, 4) is 11.5 Å². The molecule has 0 saturated heterocycles. The zero-order chi connectivity index (χ0) is 26.3. The Morgan fingerprint density at radius 2 is 1.28 bits per heavy atom. The molecule has 0 aliphatic carbocycles. The first-order chi connectivity index (χ1) is 17.5. The molecular formula is C30H41NO5. The summed E-state index contributed by atoms with van der Waals surface area (Å²) in [5.41, 5.74) is 0.961. The van der Waals surface area contributed by atoms with Crippen molar-refractivity contribution in [1.82, 2.24) is 4.90 Å². The van der Waals surface area contributed by atoms with E-state index < -0.39 is 0 Å². The number of carbonyl (C=O) groups excluding carboxylic acids is 3. The molecule has 0 radical (unpaired) electrons. The molecule has 6 heteroatoms. The van der Waals surface area contributed by atoms with E-state index in [0.717, 1.165) is 51.4 Å². The van der Waals surface area contributed by atoms with Crippen molar-refractivity contribution in [3.05, 3.63) is 59.2 Å². The van der Waals surface area contributed by atoms with Gasteiger partial charge in [0, 0.05) is 24.7 Å². The number of ketones is 2. The molecule has 2 aromatic carbocycles. The van der Waals surface area contributed by atoms with Crippen molar-refractivity contribution >= 4 is 17.5 Å². The summed E-state index contributed by atoms with van der Waals surface area (Å²) < 4.78 is 10.5. The predicted octanol–water partition coefficient (Wildman–Crippen LogP) is 6.76. The third-order valence-corrected chi connectivity index (χ3v) is 6.34. The smallest absolute Gasteiger partial charge is 0.254 e. The molecule has 0 atom stereocenters. The highest BCUT2D eigenvalue weighted by Crippen LogP contribution is 2.26. The predicted molar refractivity (Wildman–Crippen MR) is 143 cm³/mol. The van der Waals surface area contributed by atoms with Crippen LogP contribution in [0.25, 0.3) is 0 Å². The van der Waals surface area contributed by atoms with Crippen LogP contribution in [0.3, 0.4) is 0 Å². The van der Waals surface area contributed by atoms with Crippen LogP contribution in [0.1, 0.15) is 103 Å². The lowest BCUT2D eigenvalue weighted by Gasteiger charge is -2.24. The summed E-state index contributed by atoms with van der Waals surface area (Å²) in [6, 6.07) is 11.7. The summed E-state index contributed by atoms with van der Waals surface area (Å²) in [6.45, 7) is 5.68. The molecule has 0 N–H and O–H groups in total. The highest BCUT2D eigenvalue weighted by molar-refractivity contribution is 6.17. The van der Waals surface area contributed by atoms with Crippen molar-refractivity contribution in [3.63, 3.8) is 0 Å². The largest absolute Gasteiger partial charge is 0.497 e. The molecule has 0 saturated carbocycles.